The number of imidazole rings is 1. The molecule has 3 aromatic rings. The fourth-order valence-corrected chi connectivity index (χ4v) is 3.98. The van der Waals surface area contributed by atoms with Crippen molar-refractivity contribution in [3.05, 3.63) is 46.6 Å². The van der Waals surface area contributed by atoms with E-state index in [-0.39, 0.29) is 23.6 Å². The molecule has 0 unspecified atom stereocenters. The van der Waals surface area contributed by atoms with Crippen LogP contribution in [0.4, 0.5) is 5.82 Å². The van der Waals surface area contributed by atoms with Crippen molar-refractivity contribution in [3.63, 3.8) is 0 Å². The first kappa shape index (κ1) is 18.5. The minimum absolute atomic E-state index is 0.0535. The average Bonchev–Trinajstić information content (AvgIpc) is 3.02. The van der Waals surface area contributed by atoms with E-state index in [1.54, 1.807) is 28.8 Å². The molecule has 1 fully saturated rings. The van der Waals surface area contributed by atoms with Crippen molar-refractivity contribution in [2.24, 2.45) is 5.73 Å². The number of amides is 1. The standard InChI is InChI=1S/C19H20N8O2/c20-9-23-12-3-7-14(8-4-12)27-18-15(16(21)24-10-25-18)26(19(27)29)13-5-1-11(2-6-13)17(22)28/h1-2,5-6,10,12,14,23H,3-4,7-8H2,(H2,22,28)(H2,21,24,25). The third-order valence-corrected chi connectivity index (χ3v) is 5.42. The predicted molar refractivity (Wildman–Crippen MR) is 106 cm³/mol. The van der Waals surface area contributed by atoms with Crippen molar-refractivity contribution >= 4 is 22.9 Å². The maximum Gasteiger partial charge on any atom is 0.335 e. The summed E-state index contributed by atoms with van der Waals surface area (Å²) < 4.78 is 3.13. The number of aromatic nitrogens is 4. The molecule has 29 heavy (non-hydrogen) atoms. The number of nitrogen functional groups attached to an aromatic ring is 1. The van der Waals surface area contributed by atoms with Gasteiger partial charge in [0, 0.05) is 17.6 Å². The molecule has 1 aliphatic carbocycles. The summed E-state index contributed by atoms with van der Waals surface area (Å²) in [7, 11) is 0. The van der Waals surface area contributed by atoms with Gasteiger partial charge in [-0.3, -0.25) is 13.9 Å². The zero-order valence-corrected chi connectivity index (χ0v) is 15.6. The molecule has 2 heterocycles. The number of nitrogens with two attached hydrogens (primary N) is 2. The number of hydrogen-bond donors (Lipinski definition) is 3. The number of rotatable bonds is 4. The lowest BCUT2D eigenvalue weighted by molar-refractivity contribution is 0.100. The first-order valence-corrected chi connectivity index (χ1v) is 9.29. The molecule has 2 aromatic heterocycles. The molecule has 0 bridgehead atoms. The Labute approximate surface area is 165 Å². The third-order valence-electron chi connectivity index (χ3n) is 5.42. The SMILES string of the molecule is N#CNC1CCC(n2c(=O)n(-c3ccc(C(N)=O)cc3)c3c(N)ncnc32)CC1. The minimum atomic E-state index is -0.545. The Balaban J connectivity index is 1.83. The Morgan fingerprint density at radius 2 is 1.86 bits per heavy atom. The number of nitriles is 1. The predicted octanol–water partition coefficient (Wildman–Crippen LogP) is 0.818. The van der Waals surface area contributed by atoms with Crippen LogP contribution in [0.1, 0.15) is 42.1 Å². The monoisotopic (exact) mass is 392 g/mol. The van der Waals surface area contributed by atoms with Gasteiger partial charge in [0.25, 0.3) is 0 Å². The summed E-state index contributed by atoms with van der Waals surface area (Å²) in [6.45, 7) is 0. The summed E-state index contributed by atoms with van der Waals surface area (Å²) in [6.07, 6.45) is 6.37. The highest BCUT2D eigenvalue weighted by Gasteiger charge is 2.28. The zero-order chi connectivity index (χ0) is 20.5. The molecular weight excluding hydrogens is 372 g/mol. The third kappa shape index (κ3) is 3.16. The van der Waals surface area contributed by atoms with Crippen LogP contribution in [-0.2, 0) is 0 Å². The molecule has 0 saturated heterocycles. The number of anilines is 1. The van der Waals surface area contributed by atoms with Crippen LogP contribution in [0.5, 0.6) is 0 Å². The van der Waals surface area contributed by atoms with E-state index in [0.717, 1.165) is 25.7 Å². The second-order valence-corrected chi connectivity index (χ2v) is 7.09. The van der Waals surface area contributed by atoms with E-state index in [4.69, 9.17) is 16.7 Å². The molecule has 1 amide bonds. The van der Waals surface area contributed by atoms with E-state index in [1.807, 2.05) is 6.19 Å². The van der Waals surface area contributed by atoms with Gasteiger partial charge in [-0.25, -0.2) is 14.8 Å². The Morgan fingerprint density at radius 1 is 1.17 bits per heavy atom. The Morgan fingerprint density at radius 3 is 2.48 bits per heavy atom. The van der Waals surface area contributed by atoms with Crippen LogP contribution < -0.4 is 22.5 Å². The number of carbonyl (C=O) groups is 1. The lowest BCUT2D eigenvalue weighted by Crippen LogP contribution is -2.34. The van der Waals surface area contributed by atoms with Gasteiger partial charge >= 0.3 is 5.69 Å². The van der Waals surface area contributed by atoms with E-state index < -0.39 is 5.91 Å². The van der Waals surface area contributed by atoms with Crippen molar-refractivity contribution in [2.45, 2.75) is 37.8 Å². The molecule has 0 aliphatic heterocycles. The maximum atomic E-state index is 13.4. The maximum absolute atomic E-state index is 13.4. The van der Waals surface area contributed by atoms with Crippen LogP contribution in [0.15, 0.2) is 35.4 Å². The van der Waals surface area contributed by atoms with Crippen molar-refractivity contribution in [1.29, 1.82) is 5.26 Å². The van der Waals surface area contributed by atoms with Crippen molar-refractivity contribution in [2.75, 3.05) is 5.73 Å². The van der Waals surface area contributed by atoms with E-state index in [2.05, 4.69) is 15.3 Å². The second kappa shape index (κ2) is 7.27. The van der Waals surface area contributed by atoms with Crippen LogP contribution in [0.3, 0.4) is 0 Å². The number of hydrogen-bond acceptors (Lipinski definition) is 7. The quantitative estimate of drug-likeness (QED) is 0.438. The average molecular weight is 392 g/mol. The van der Waals surface area contributed by atoms with Crippen molar-refractivity contribution < 1.29 is 4.79 Å². The van der Waals surface area contributed by atoms with Crippen molar-refractivity contribution in [1.82, 2.24) is 24.4 Å². The van der Waals surface area contributed by atoms with Gasteiger partial charge in [0.1, 0.15) is 11.8 Å². The molecule has 5 N–H and O–H groups in total. The zero-order valence-electron chi connectivity index (χ0n) is 15.6. The Hall–Kier alpha value is -3.87. The fraction of sp³-hybridized carbons (Fsp3) is 0.316. The summed E-state index contributed by atoms with van der Waals surface area (Å²) in [5, 5.41) is 11.6. The van der Waals surface area contributed by atoms with E-state index in [1.165, 1.54) is 10.9 Å². The number of carbonyl (C=O) groups excluding carboxylic acids is 1. The number of nitrogens with one attached hydrogen (secondary N) is 1. The molecule has 1 aliphatic rings. The van der Waals surface area contributed by atoms with Gasteiger partial charge < -0.3 is 16.8 Å². The summed E-state index contributed by atoms with van der Waals surface area (Å²) >= 11 is 0. The summed E-state index contributed by atoms with van der Waals surface area (Å²) in [6, 6.07) is 6.48. The largest absolute Gasteiger partial charge is 0.382 e. The van der Waals surface area contributed by atoms with Crippen LogP contribution in [0.2, 0.25) is 0 Å². The van der Waals surface area contributed by atoms with Gasteiger partial charge in [-0.2, -0.15) is 5.26 Å². The number of nitrogens with zero attached hydrogens (tertiary/aromatic N) is 5. The normalized spacial score (nSPS) is 19.0. The topological polar surface area (TPSA) is 158 Å². The number of fused-ring (bicyclic) bond motifs is 1. The van der Waals surface area contributed by atoms with Crippen LogP contribution in [0.25, 0.3) is 16.9 Å². The summed E-state index contributed by atoms with van der Waals surface area (Å²) in [5.74, 6) is -0.346. The summed E-state index contributed by atoms with van der Waals surface area (Å²) in [4.78, 5) is 33.1. The highest BCUT2D eigenvalue weighted by molar-refractivity contribution is 5.93. The lowest BCUT2D eigenvalue weighted by atomic mass is 9.91. The molecule has 0 spiro atoms. The molecule has 1 saturated carbocycles. The van der Waals surface area contributed by atoms with Gasteiger partial charge in [0.05, 0.1) is 5.69 Å². The first-order valence-electron chi connectivity index (χ1n) is 9.29. The molecule has 4 rings (SSSR count). The Bertz CT molecular complexity index is 1160. The van der Waals surface area contributed by atoms with Crippen LogP contribution in [-0.4, -0.2) is 31.1 Å². The molecule has 1 aromatic carbocycles. The van der Waals surface area contributed by atoms with E-state index in [0.29, 0.717) is 22.4 Å². The van der Waals surface area contributed by atoms with Gasteiger partial charge in [0.15, 0.2) is 17.7 Å². The number of benzene rings is 1. The van der Waals surface area contributed by atoms with Gasteiger partial charge in [-0.05, 0) is 49.9 Å². The smallest absolute Gasteiger partial charge is 0.335 e. The molecule has 0 atom stereocenters. The van der Waals surface area contributed by atoms with Gasteiger partial charge in [0.2, 0.25) is 5.91 Å². The van der Waals surface area contributed by atoms with E-state index >= 15 is 0 Å². The molecule has 10 nitrogen and oxygen atoms in total. The lowest BCUT2D eigenvalue weighted by Gasteiger charge is -2.28. The fourth-order valence-electron chi connectivity index (χ4n) is 3.98. The Kier molecular flexibility index (Phi) is 4.64. The van der Waals surface area contributed by atoms with Crippen molar-refractivity contribution in [3.8, 4) is 11.9 Å². The van der Waals surface area contributed by atoms with Crippen LogP contribution >= 0.6 is 0 Å². The van der Waals surface area contributed by atoms with Gasteiger partial charge in [-0.1, -0.05) is 0 Å². The molecular formula is C19H20N8O2. The van der Waals surface area contributed by atoms with Crippen LogP contribution in [0, 0.1) is 11.5 Å². The molecule has 10 heteroatoms. The van der Waals surface area contributed by atoms with Gasteiger partial charge in [-0.15, -0.1) is 0 Å². The first-order chi connectivity index (χ1) is 14.0. The minimum Gasteiger partial charge on any atom is -0.382 e. The molecule has 148 valence electrons. The highest BCUT2D eigenvalue weighted by Crippen LogP contribution is 2.31. The highest BCUT2D eigenvalue weighted by atomic mass is 16.2. The summed E-state index contributed by atoms with van der Waals surface area (Å²) in [5.41, 5.74) is 12.9. The number of primary amides is 1. The van der Waals surface area contributed by atoms with E-state index in [9.17, 15) is 9.59 Å². The molecule has 0 radical (unpaired) electrons. The second-order valence-electron chi connectivity index (χ2n) is 7.09.